The van der Waals surface area contributed by atoms with Gasteiger partial charge in [-0.1, -0.05) is 30.3 Å². The number of hydrogen-bond acceptors (Lipinski definition) is 4. The summed E-state index contributed by atoms with van der Waals surface area (Å²) in [6.07, 6.45) is 0. The first-order valence-corrected chi connectivity index (χ1v) is 10.1. The molecule has 0 aliphatic heterocycles. The maximum atomic E-state index is 5.79. The molecule has 0 saturated carbocycles. The van der Waals surface area contributed by atoms with Gasteiger partial charge < -0.3 is 20.3 Å². The summed E-state index contributed by atoms with van der Waals surface area (Å²) in [5.74, 6) is 2.70. The molecule has 0 unspecified atom stereocenters. The first kappa shape index (κ1) is 24.6. The molecule has 2 aromatic rings. The number of rotatable bonds is 10. The zero-order valence-electron chi connectivity index (χ0n) is 16.9. The predicted molar refractivity (Wildman–Crippen MR) is 131 cm³/mol. The third kappa shape index (κ3) is 10.2. The van der Waals surface area contributed by atoms with E-state index >= 15 is 0 Å². The molecule has 0 fully saturated rings. The Bertz CT molecular complexity index is 698. The summed E-state index contributed by atoms with van der Waals surface area (Å²) in [6.45, 7) is 3.15. The monoisotopic (exact) mass is 514 g/mol. The van der Waals surface area contributed by atoms with Crippen LogP contribution in [0, 0.1) is 0 Å². The molecule has 0 spiro atoms. The van der Waals surface area contributed by atoms with Gasteiger partial charge in [-0.25, -0.2) is 0 Å². The summed E-state index contributed by atoms with van der Waals surface area (Å²) in [5.41, 5.74) is 1.17. The summed E-state index contributed by atoms with van der Waals surface area (Å²) >= 11 is 1.83. The van der Waals surface area contributed by atoms with Crippen molar-refractivity contribution in [1.82, 2.24) is 15.5 Å². The molecule has 28 heavy (non-hydrogen) atoms. The van der Waals surface area contributed by atoms with Gasteiger partial charge in [-0.15, -0.1) is 35.7 Å². The number of guanidine groups is 1. The molecule has 0 amide bonds. The van der Waals surface area contributed by atoms with E-state index in [-0.39, 0.29) is 24.0 Å². The standard InChI is InChI=1S/C21H30N4OS.HI/c1-22-21(23-12-15-27-20-10-5-4-6-11-20)24-17-18-8-7-9-19(16-18)26-14-13-25(2)3;/h4-11,16H,12-15,17H2,1-3H3,(H2,22,23,24);1H. The number of aliphatic imine (C=N–C) groups is 1. The van der Waals surface area contributed by atoms with Gasteiger partial charge in [0.25, 0.3) is 0 Å². The van der Waals surface area contributed by atoms with Crippen LogP contribution in [0.25, 0.3) is 0 Å². The van der Waals surface area contributed by atoms with Gasteiger partial charge in [0.1, 0.15) is 12.4 Å². The highest BCUT2D eigenvalue weighted by molar-refractivity contribution is 14.0. The van der Waals surface area contributed by atoms with Crippen LogP contribution in [0.2, 0.25) is 0 Å². The average Bonchev–Trinajstić information content (AvgIpc) is 2.68. The third-order valence-corrected chi connectivity index (χ3v) is 4.81. The maximum Gasteiger partial charge on any atom is 0.191 e. The second-order valence-electron chi connectivity index (χ2n) is 6.31. The molecule has 0 atom stereocenters. The molecule has 7 heteroatoms. The van der Waals surface area contributed by atoms with E-state index in [0.29, 0.717) is 13.2 Å². The molecule has 0 saturated heterocycles. The Labute approximate surface area is 190 Å². The zero-order chi connectivity index (χ0) is 19.3. The lowest BCUT2D eigenvalue weighted by Crippen LogP contribution is -2.37. The molecule has 2 aromatic carbocycles. The number of thioether (sulfide) groups is 1. The van der Waals surface area contributed by atoms with E-state index < -0.39 is 0 Å². The van der Waals surface area contributed by atoms with Crippen LogP contribution < -0.4 is 15.4 Å². The van der Waals surface area contributed by atoms with Crippen molar-refractivity contribution in [3.05, 3.63) is 60.2 Å². The lowest BCUT2D eigenvalue weighted by atomic mass is 10.2. The number of likely N-dealkylation sites (N-methyl/N-ethyl adjacent to an activating group) is 1. The van der Waals surface area contributed by atoms with E-state index in [1.165, 1.54) is 10.5 Å². The Morgan fingerprint density at radius 2 is 1.86 bits per heavy atom. The Morgan fingerprint density at radius 3 is 2.57 bits per heavy atom. The molecular formula is C21H31IN4OS. The fourth-order valence-corrected chi connectivity index (χ4v) is 3.14. The van der Waals surface area contributed by atoms with Gasteiger partial charge in [-0.05, 0) is 43.9 Å². The van der Waals surface area contributed by atoms with Crippen molar-refractivity contribution in [3.63, 3.8) is 0 Å². The van der Waals surface area contributed by atoms with Crippen LogP contribution in [0.5, 0.6) is 5.75 Å². The molecule has 2 rings (SSSR count). The minimum Gasteiger partial charge on any atom is -0.492 e. The number of nitrogens with zero attached hydrogens (tertiary/aromatic N) is 2. The van der Waals surface area contributed by atoms with E-state index in [9.17, 15) is 0 Å². The van der Waals surface area contributed by atoms with Crippen LogP contribution in [0.4, 0.5) is 0 Å². The van der Waals surface area contributed by atoms with Crippen molar-refractivity contribution in [2.45, 2.75) is 11.4 Å². The first-order valence-electron chi connectivity index (χ1n) is 9.16. The van der Waals surface area contributed by atoms with E-state index in [2.05, 4.69) is 56.9 Å². The third-order valence-electron chi connectivity index (χ3n) is 3.80. The lowest BCUT2D eigenvalue weighted by Gasteiger charge is -2.13. The summed E-state index contributed by atoms with van der Waals surface area (Å²) in [7, 11) is 5.88. The Morgan fingerprint density at radius 1 is 1.07 bits per heavy atom. The van der Waals surface area contributed by atoms with Crippen LogP contribution in [0.15, 0.2) is 64.5 Å². The fraction of sp³-hybridized carbons (Fsp3) is 0.381. The second-order valence-corrected chi connectivity index (χ2v) is 7.48. The summed E-state index contributed by atoms with van der Waals surface area (Å²) in [4.78, 5) is 7.68. The topological polar surface area (TPSA) is 48.9 Å². The maximum absolute atomic E-state index is 5.79. The van der Waals surface area contributed by atoms with Gasteiger partial charge in [0.15, 0.2) is 5.96 Å². The summed E-state index contributed by atoms with van der Waals surface area (Å²) in [5, 5.41) is 6.70. The molecule has 154 valence electrons. The van der Waals surface area contributed by atoms with Crippen molar-refractivity contribution >= 4 is 41.7 Å². The highest BCUT2D eigenvalue weighted by Gasteiger charge is 2.01. The minimum absolute atomic E-state index is 0. The van der Waals surface area contributed by atoms with Crippen molar-refractivity contribution < 1.29 is 4.74 Å². The highest BCUT2D eigenvalue weighted by Crippen LogP contribution is 2.16. The fourth-order valence-electron chi connectivity index (χ4n) is 2.35. The van der Waals surface area contributed by atoms with Crippen LogP contribution in [0.3, 0.4) is 0 Å². The van der Waals surface area contributed by atoms with Crippen molar-refractivity contribution in [1.29, 1.82) is 0 Å². The Balaban J connectivity index is 0.00000392. The Kier molecular flexibility index (Phi) is 12.8. The average molecular weight is 514 g/mol. The van der Waals surface area contributed by atoms with E-state index in [4.69, 9.17) is 4.74 Å². The number of ether oxygens (including phenoxy) is 1. The second kappa shape index (κ2) is 14.5. The van der Waals surface area contributed by atoms with Crippen LogP contribution >= 0.6 is 35.7 Å². The van der Waals surface area contributed by atoms with E-state index in [1.54, 1.807) is 7.05 Å². The summed E-state index contributed by atoms with van der Waals surface area (Å²) in [6, 6.07) is 18.6. The molecule has 0 aromatic heterocycles. The normalized spacial score (nSPS) is 11.1. The van der Waals surface area contributed by atoms with Gasteiger partial charge in [0.05, 0.1) is 0 Å². The van der Waals surface area contributed by atoms with Gasteiger partial charge in [0, 0.05) is 37.3 Å². The SMILES string of the molecule is CN=C(NCCSc1ccccc1)NCc1cccc(OCCN(C)C)c1.I. The number of hydrogen-bond donors (Lipinski definition) is 2. The number of halogens is 1. The quantitative estimate of drug-likeness (QED) is 0.167. The van der Waals surface area contributed by atoms with Gasteiger partial charge >= 0.3 is 0 Å². The molecule has 0 heterocycles. The van der Waals surface area contributed by atoms with Crippen LogP contribution in [-0.2, 0) is 6.54 Å². The van der Waals surface area contributed by atoms with Gasteiger partial charge in [0.2, 0.25) is 0 Å². The smallest absolute Gasteiger partial charge is 0.191 e. The molecule has 0 aliphatic carbocycles. The largest absolute Gasteiger partial charge is 0.492 e. The Hall–Kier alpha value is -1.45. The molecule has 2 N–H and O–H groups in total. The lowest BCUT2D eigenvalue weighted by molar-refractivity contribution is 0.261. The first-order chi connectivity index (χ1) is 13.2. The van der Waals surface area contributed by atoms with Gasteiger partial charge in [-0.2, -0.15) is 0 Å². The van der Waals surface area contributed by atoms with E-state index in [0.717, 1.165) is 30.6 Å². The molecule has 5 nitrogen and oxygen atoms in total. The molecular weight excluding hydrogens is 483 g/mol. The van der Waals surface area contributed by atoms with Crippen molar-refractivity contribution in [2.75, 3.05) is 46.6 Å². The highest BCUT2D eigenvalue weighted by atomic mass is 127. The van der Waals surface area contributed by atoms with E-state index in [1.807, 2.05) is 44.1 Å². The van der Waals surface area contributed by atoms with Crippen molar-refractivity contribution in [3.8, 4) is 5.75 Å². The minimum atomic E-state index is 0. The van der Waals surface area contributed by atoms with Crippen LogP contribution in [-0.4, -0.2) is 57.5 Å². The summed E-state index contributed by atoms with van der Waals surface area (Å²) < 4.78 is 5.79. The number of nitrogens with one attached hydrogen (secondary N) is 2. The zero-order valence-corrected chi connectivity index (χ0v) is 20.0. The molecule has 0 radical (unpaired) electrons. The number of benzene rings is 2. The van der Waals surface area contributed by atoms with Crippen molar-refractivity contribution in [2.24, 2.45) is 4.99 Å². The molecule has 0 bridgehead atoms. The molecule has 0 aliphatic rings. The predicted octanol–water partition coefficient (Wildman–Crippen LogP) is 3.70. The van der Waals surface area contributed by atoms with Crippen LogP contribution in [0.1, 0.15) is 5.56 Å². The van der Waals surface area contributed by atoms with Gasteiger partial charge in [-0.3, -0.25) is 4.99 Å².